The molecule has 0 aliphatic carbocycles. The molecule has 2 amide bonds. The Balaban J connectivity index is 1.51. The quantitative estimate of drug-likeness (QED) is 0.526. The van der Waals surface area contributed by atoms with Crippen molar-refractivity contribution in [2.75, 3.05) is 17.2 Å². The van der Waals surface area contributed by atoms with Crippen molar-refractivity contribution in [3.8, 4) is 0 Å². The average molecular weight is 419 g/mol. The molecule has 0 saturated carbocycles. The monoisotopic (exact) mass is 418 g/mol. The van der Waals surface area contributed by atoms with Gasteiger partial charge in [0.15, 0.2) is 0 Å². The molecular weight excluding hydrogens is 396 g/mol. The van der Waals surface area contributed by atoms with E-state index in [4.69, 9.17) is 0 Å². The lowest BCUT2D eigenvalue weighted by Gasteiger charge is -2.14. The summed E-state index contributed by atoms with van der Waals surface area (Å²) in [5.41, 5.74) is 2.83. The molecule has 28 heavy (non-hydrogen) atoms. The summed E-state index contributed by atoms with van der Waals surface area (Å²) in [5.74, 6) is 0.964. The van der Waals surface area contributed by atoms with Crippen LogP contribution in [0, 0.1) is 6.92 Å². The third-order valence-electron chi connectivity index (χ3n) is 4.35. The van der Waals surface area contributed by atoms with Crippen LogP contribution < -0.4 is 9.62 Å². The summed E-state index contributed by atoms with van der Waals surface area (Å²) >= 11 is 1.66. The number of hydrogen-bond donors (Lipinski definition) is 1. The Hall–Kier alpha value is -2.16. The lowest BCUT2D eigenvalue weighted by molar-refractivity contribution is -0.121. The van der Waals surface area contributed by atoms with Crippen molar-refractivity contribution in [1.82, 2.24) is 4.72 Å². The number of hydrogen-bond acceptors (Lipinski definition) is 5. The lowest BCUT2D eigenvalue weighted by atomic mass is 10.2. The van der Waals surface area contributed by atoms with Gasteiger partial charge in [0.05, 0.1) is 10.6 Å². The van der Waals surface area contributed by atoms with Crippen molar-refractivity contribution < 1.29 is 18.0 Å². The van der Waals surface area contributed by atoms with Crippen molar-refractivity contribution in [2.24, 2.45) is 0 Å². The van der Waals surface area contributed by atoms with Crippen molar-refractivity contribution in [1.29, 1.82) is 0 Å². The minimum atomic E-state index is -3.63. The molecule has 0 atom stereocenters. The summed E-state index contributed by atoms with van der Waals surface area (Å²) in [6.07, 6.45) is 0.390. The first-order chi connectivity index (χ1) is 13.4. The summed E-state index contributed by atoms with van der Waals surface area (Å²) in [5, 5.41) is 0. The van der Waals surface area contributed by atoms with Crippen molar-refractivity contribution in [3.05, 3.63) is 59.7 Å². The van der Waals surface area contributed by atoms with Gasteiger partial charge >= 0.3 is 0 Å². The highest BCUT2D eigenvalue weighted by molar-refractivity contribution is 7.98. The Labute approximate surface area is 169 Å². The van der Waals surface area contributed by atoms with Crippen molar-refractivity contribution in [3.63, 3.8) is 0 Å². The number of imide groups is 1. The smallest absolute Gasteiger partial charge is 0.240 e. The third-order valence-corrected chi connectivity index (χ3v) is 6.85. The molecule has 3 rings (SSSR count). The zero-order chi connectivity index (χ0) is 20.1. The highest BCUT2D eigenvalue weighted by Crippen LogP contribution is 2.24. The van der Waals surface area contributed by atoms with Crippen LogP contribution in [-0.2, 0) is 25.4 Å². The first kappa shape index (κ1) is 20.6. The van der Waals surface area contributed by atoms with Crippen LogP contribution in [-0.4, -0.2) is 32.5 Å². The maximum Gasteiger partial charge on any atom is 0.240 e. The second-order valence-electron chi connectivity index (χ2n) is 6.56. The molecule has 148 valence electrons. The molecule has 0 unspecified atom stereocenters. The van der Waals surface area contributed by atoms with E-state index in [9.17, 15) is 18.0 Å². The van der Waals surface area contributed by atoms with E-state index in [1.54, 1.807) is 11.8 Å². The van der Waals surface area contributed by atoms with Crippen LogP contribution in [0.15, 0.2) is 53.4 Å². The topological polar surface area (TPSA) is 83.6 Å². The summed E-state index contributed by atoms with van der Waals surface area (Å²) in [4.78, 5) is 24.7. The molecule has 1 fully saturated rings. The maximum atomic E-state index is 12.4. The molecule has 1 heterocycles. The fourth-order valence-electron chi connectivity index (χ4n) is 2.96. The number of amides is 2. The predicted octanol–water partition coefficient (Wildman–Crippen LogP) is 2.86. The molecule has 1 saturated heterocycles. The summed E-state index contributed by atoms with van der Waals surface area (Å²) in [6, 6.07) is 14.0. The lowest BCUT2D eigenvalue weighted by Crippen LogP contribution is -2.29. The number of anilines is 1. The molecule has 6 nitrogen and oxygen atoms in total. The molecule has 8 heteroatoms. The van der Waals surface area contributed by atoms with Crippen LogP contribution in [0.3, 0.4) is 0 Å². The van der Waals surface area contributed by atoms with Gasteiger partial charge in [0.25, 0.3) is 0 Å². The molecule has 0 spiro atoms. The van der Waals surface area contributed by atoms with Gasteiger partial charge in [-0.15, -0.1) is 0 Å². The van der Waals surface area contributed by atoms with Gasteiger partial charge in [0, 0.05) is 30.9 Å². The van der Waals surface area contributed by atoms with E-state index in [2.05, 4.69) is 16.9 Å². The number of carbonyl (C=O) groups is 2. The summed E-state index contributed by atoms with van der Waals surface area (Å²) in [7, 11) is -3.63. The Kier molecular flexibility index (Phi) is 6.53. The normalized spacial score (nSPS) is 14.7. The van der Waals surface area contributed by atoms with Crippen LogP contribution in [0.25, 0.3) is 0 Å². The number of benzene rings is 2. The number of carbonyl (C=O) groups excluding carboxylic acids is 2. The number of aryl methyl sites for hydroxylation is 1. The van der Waals surface area contributed by atoms with Gasteiger partial charge in [0.1, 0.15) is 0 Å². The first-order valence-electron chi connectivity index (χ1n) is 8.95. The van der Waals surface area contributed by atoms with Gasteiger partial charge in [-0.05, 0) is 36.8 Å². The second-order valence-corrected chi connectivity index (χ2v) is 9.43. The van der Waals surface area contributed by atoms with Gasteiger partial charge in [-0.1, -0.05) is 29.8 Å². The first-order valence-corrected chi connectivity index (χ1v) is 11.6. The van der Waals surface area contributed by atoms with Crippen molar-refractivity contribution in [2.45, 2.75) is 30.4 Å². The van der Waals surface area contributed by atoms with Crippen LogP contribution in [0.4, 0.5) is 5.69 Å². The van der Waals surface area contributed by atoms with Crippen LogP contribution in [0.1, 0.15) is 24.0 Å². The van der Waals surface area contributed by atoms with E-state index in [-0.39, 0.29) is 29.6 Å². The average Bonchev–Trinajstić information content (AvgIpc) is 3.00. The highest BCUT2D eigenvalue weighted by Gasteiger charge is 2.30. The van der Waals surface area contributed by atoms with Crippen LogP contribution >= 0.6 is 11.8 Å². The molecule has 0 bridgehead atoms. The van der Waals surface area contributed by atoms with Crippen LogP contribution in [0.2, 0.25) is 0 Å². The number of nitrogens with zero attached hydrogens (tertiary/aromatic N) is 1. The molecule has 0 radical (unpaired) electrons. The van der Waals surface area contributed by atoms with Crippen LogP contribution in [0.5, 0.6) is 0 Å². The fraction of sp³-hybridized carbons (Fsp3) is 0.300. The van der Waals surface area contributed by atoms with E-state index < -0.39 is 10.0 Å². The second kappa shape index (κ2) is 8.89. The maximum absolute atomic E-state index is 12.4. The zero-order valence-electron chi connectivity index (χ0n) is 15.6. The van der Waals surface area contributed by atoms with E-state index in [0.29, 0.717) is 18.0 Å². The number of sulfonamides is 1. The van der Waals surface area contributed by atoms with E-state index >= 15 is 0 Å². The Morgan fingerprint density at radius 2 is 1.71 bits per heavy atom. The molecule has 1 aliphatic rings. The van der Waals surface area contributed by atoms with Gasteiger partial charge in [-0.25, -0.2) is 13.1 Å². The number of thioether (sulfide) groups is 1. The molecule has 2 aromatic carbocycles. The summed E-state index contributed by atoms with van der Waals surface area (Å²) < 4.78 is 27.4. The zero-order valence-corrected chi connectivity index (χ0v) is 17.2. The molecule has 2 aromatic rings. The highest BCUT2D eigenvalue weighted by atomic mass is 32.2. The van der Waals surface area contributed by atoms with E-state index in [1.807, 2.05) is 19.1 Å². The van der Waals surface area contributed by atoms with Gasteiger partial charge in [-0.2, -0.15) is 11.8 Å². The van der Waals surface area contributed by atoms with Crippen molar-refractivity contribution >= 4 is 39.3 Å². The molecule has 0 aromatic heterocycles. The molecule has 1 N–H and O–H groups in total. The predicted molar refractivity (Wildman–Crippen MR) is 111 cm³/mol. The minimum Gasteiger partial charge on any atom is -0.274 e. The standard InChI is InChI=1S/C20H22N2O4S2/c1-15-3-2-4-16(13-15)14-27-12-11-21-28(25,26)18-7-5-17(6-8-18)22-19(23)9-10-20(22)24/h2-8,13,21H,9-12,14H2,1H3. The third kappa shape index (κ3) is 5.01. The van der Waals surface area contributed by atoms with Gasteiger partial charge in [-0.3, -0.25) is 14.5 Å². The van der Waals surface area contributed by atoms with Gasteiger partial charge < -0.3 is 0 Å². The van der Waals surface area contributed by atoms with Gasteiger partial charge in [0.2, 0.25) is 21.8 Å². The fourth-order valence-corrected chi connectivity index (χ4v) is 4.93. The Morgan fingerprint density at radius 1 is 1.04 bits per heavy atom. The number of rotatable bonds is 8. The molecular formula is C20H22N2O4S2. The summed E-state index contributed by atoms with van der Waals surface area (Å²) in [6.45, 7) is 2.37. The largest absolute Gasteiger partial charge is 0.274 e. The SMILES string of the molecule is Cc1cccc(CSCCNS(=O)(=O)c2ccc(N3C(=O)CCC3=O)cc2)c1. The Morgan fingerprint density at radius 3 is 2.36 bits per heavy atom. The Bertz CT molecular complexity index is 956. The molecule has 1 aliphatic heterocycles. The number of nitrogens with one attached hydrogen (secondary N) is 1. The van der Waals surface area contributed by atoms with E-state index in [1.165, 1.54) is 35.4 Å². The minimum absolute atomic E-state index is 0.110. The van der Waals surface area contributed by atoms with E-state index in [0.717, 1.165) is 10.7 Å².